The van der Waals surface area contributed by atoms with Crippen molar-refractivity contribution in [3.05, 3.63) is 0 Å². The van der Waals surface area contributed by atoms with Gasteiger partial charge >= 0.3 is 0 Å². The third-order valence-electron chi connectivity index (χ3n) is 2.87. The maximum Gasteiger partial charge on any atom is 0.0608 e. The zero-order chi connectivity index (χ0) is 9.10. The monoisotopic (exact) mass is 201 g/mol. The molecule has 76 valence electrons. The fraction of sp³-hybridized carbons (Fsp3) is 1.00. The molecule has 2 nitrogen and oxygen atoms in total. The maximum atomic E-state index is 5.18. The van der Waals surface area contributed by atoms with E-state index >= 15 is 0 Å². The van der Waals surface area contributed by atoms with Gasteiger partial charge < -0.3 is 10.1 Å². The number of nitrogens with one attached hydrogen (secondary N) is 1. The predicted octanol–water partition coefficient (Wildman–Crippen LogP) is 1.65. The third kappa shape index (κ3) is 2.61. The van der Waals surface area contributed by atoms with Gasteiger partial charge in [0.2, 0.25) is 0 Å². The van der Waals surface area contributed by atoms with Gasteiger partial charge in [0.15, 0.2) is 0 Å². The predicted molar refractivity (Wildman–Crippen MR) is 57.3 cm³/mol. The van der Waals surface area contributed by atoms with Crippen LogP contribution in [0.2, 0.25) is 0 Å². The van der Waals surface area contributed by atoms with Crippen LogP contribution in [0, 0.1) is 0 Å². The van der Waals surface area contributed by atoms with Crippen molar-refractivity contribution in [1.29, 1.82) is 0 Å². The highest BCUT2D eigenvalue weighted by Crippen LogP contribution is 2.34. The van der Waals surface area contributed by atoms with Crippen molar-refractivity contribution >= 4 is 11.8 Å². The maximum absolute atomic E-state index is 5.18. The second kappa shape index (κ2) is 4.67. The van der Waals surface area contributed by atoms with Crippen LogP contribution < -0.4 is 5.32 Å². The zero-order valence-electron chi connectivity index (χ0n) is 8.29. The SMILES string of the molecule is CCNC1CCC(SC2COC2)C1. The highest BCUT2D eigenvalue weighted by Gasteiger charge is 2.29. The Morgan fingerprint density at radius 3 is 2.77 bits per heavy atom. The first-order chi connectivity index (χ1) is 6.38. The Morgan fingerprint density at radius 2 is 2.15 bits per heavy atom. The molecule has 1 aliphatic heterocycles. The molecule has 3 heteroatoms. The van der Waals surface area contributed by atoms with Crippen LogP contribution in [0.1, 0.15) is 26.2 Å². The summed E-state index contributed by atoms with van der Waals surface area (Å²) in [5.41, 5.74) is 0. The molecule has 2 unspecified atom stereocenters. The Balaban J connectivity index is 1.65. The lowest BCUT2D eigenvalue weighted by atomic mass is 10.2. The summed E-state index contributed by atoms with van der Waals surface area (Å²) in [7, 11) is 0. The molecule has 0 aromatic carbocycles. The fourth-order valence-corrected chi connectivity index (χ4v) is 3.61. The summed E-state index contributed by atoms with van der Waals surface area (Å²) in [5, 5.41) is 5.25. The van der Waals surface area contributed by atoms with Gasteiger partial charge in [-0.15, -0.1) is 0 Å². The van der Waals surface area contributed by atoms with Gasteiger partial charge in [-0.25, -0.2) is 0 Å². The number of rotatable bonds is 4. The van der Waals surface area contributed by atoms with Gasteiger partial charge in [0, 0.05) is 11.3 Å². The van der Waals surface area contributed by atoms with E-state index in [0.29, 0.717) is 0 Å². The van der Waals surface area contributed by atoms with Gasteiger partial charge in [-0.05, 0) is 25.8 Å². The van der Waals surface area contributed by atoms with Crippen molar-refractivity contribution in [2.45, 2.75) is 42.7 Å². The average molecular weight is 201 g/mol. The van der Waals surface area contributed by atoms with E-state index in [1.807, 2.05) is 0 Å². The van der Waals surface area contributed by atoms with Gasteiger partial charge in [0.25, 0.3) is 0 Å². The van der Waals surface area contributed by atoms with Crippen LogP contribution >= 0.6 is 11.8 Å². The van der Waals surface area contributed by atoms with Crippen LogP contribution in [-0.4, -0.2) is 36.3 Å². The quantitative estimate of drug-likeness (QED) is 0.747. The average Bonchev–Trinajstić information content (AvgIpc) is 2.46. The highest BCUT2D eigenvalue weighted by molar-refractivity contribution is 8.00. The Morgan fingerprint density at radius 1 is 1.31 bits per heavy atom. The normalized spacial score (nSPS) is 34.8. The molecule has 1 heterocycles. The summed E-state index contributed by atoms with van der Waals surface area (Å²) in [6.45, 7) is 5.30. The second-order valence-electron chi connectivity index (χ2n) is 3.99. The van der Waals surface area contributed by atoms with E-state index in [-0.39, 0.29) is 0 Å². The van der Waals surface area contributed by atoms with Gasteiger partial charge in [-0.2, -0.15) is 11.8 Å². The summed E-state index contributed by atoms with van der Waals surface area (Å²) in [6.07, 6.45) is 4.15. The van der Waals surface area contributed by atoms with Crippen molar-refractivity contribution in [1.82, 2.24) is 5.32 Å². The molecule has 0 spiro atoms. The summed E-state index contributed by atoms with van der Waals surface area (Å²) in [6, 6.07) is 0.795. The summed E-state index contributed by atoms with van der Waals surface area (Å²) in [4.78, 5) is 0. The summed E-state index contributed by atoms with van der Waals surface area (Å²) < 4.78 is 5.18. The van der Waals surface area contributed by atoms with Gasteiger partial charge in [0.05, 0.1) is 18.5 Å². The molecule has 2 fully saturated rings. The largest absolute Gasteiger partial charge is 0.379 e. The first-order valence-corrected chi connectivity index (χ1v) is 6.29. The number of hydrogen-bond donors (Lipinski definition) is 1. The topological polar surface area (TPSA) is 21.3 Å². The number of thioether (sulfide) groups is 1. The molecule has 2 atom stereocenters. The lowest BCUT2D eigenvalue weighted by Crippen LogP contribution is -2.32. The molecule has 0 radical (unpaired) electrons. The van der Waals surface area contributed by atoms with Crippen LogP contribution in [0.5, 0.6) is 0 Å². The van der Waals surface area contributed by atoms with Crippen LogP contribution in [0.15, 0.2) is 0 Å². The van der Waals surface area contributed by atoms with Crippen LogP contribution in [-0.2, 0) is 4.74 Å². The van der Waals surface area contributed by atoms with Gasteiger partial charge in [-0.1, -0.05) is 6.92 Å². The Hall–Kier alpha value is 0.270. The lowest BCUT2D eigenvalue weighted by Gasteiger charge is -2.27. The summed E-state index contributed by atoms with van der Waals surface area (Å²) >= 11 is 2.16. The molecule has 1 saturated heterocycles. The lowest BCUT2D eigenvalue weighted by molar-refractivity contribution is 0.0453. The molecule has 1 saturated carbocycles. The molecular weight excluding hydrogens is 182 g/mol. The van der Waals surface area contributed by atoms with E-state index < -0.39 is 0 Å². The van der Waals surface area contributed by atoms with Crippen LogP contribution in [0.4, 0.5) is 0 Å². The molecule has 1 N–H and O–H groups in total. The zero-order valence-corrected chi connectivity index (χ0v) is 9.11. The molecule has 2 rings (SSSR count). The van der Waals surface area contributed by atoms with E-state index in [2.05, 4.69) is 24.0 Å². The first kappa shape index (κ1) is 9.81. The minimum Gasteiger partial charge on any atom is -0.379 e. The van der Waals surface area contributed by atoms with Gasteiger partial charge in [-0.3, -0.25) is 0 Å². The van der Waals surface area contributed by atoms with Crippen molar-refractivity contribution in [3.8, 4) is 0 Å². The Labute approximate surface area is 84.8 Å². The molecule has 0 aromatic rings. The van der Waals surface area contributed by atoms with Crippen molar-refractivity contribution in [3.63, 3.8) is 0 Å². The van der Waals surface area contributed by atoms with E-state index in [9.17, 15) is 0 Å². The Kier molecular flexibility index (Phi) is 3.52. The third-order valence-corrected chi connectivity index (χ3v) is 4.34. The first-order valence-electron chi connectivity index (χ1n) is 5.35. The summed E-state index contributed by atoms with van der Waals surface area (Å²) in [5.74, 6) is 0. The molecular formula is C10H19NOS. The molecule has 13 heavy (non-hydrogen) atoms. The van der Waals surface area contributed by atoms with Gasteiger partial charge in [0.1, 0.15) is 0 Å². The molecule has 2 aliphatic rings. The molecule has 0 amide bonds. The van der Waals surface area contributed by atoms with Crippen LogP contribution in [0.3, 0.4) is 0 Å². The molecule has 0 bridgehead atoms. The minimum absolute atomic E-state index is 0.795. The molecule has 0 aromatic heterocycles. The smallest absolute Gasteiger partial charge is 0.0608 e. The molecule has 1 aliphatic carbocycles. The second-order valence-corrected chi connectivity index (χ2v) is 5.59. The Bertz CT molecular complexity index is 161. The minimum atomic E-state index is 0.795. The highest BCUT2D eigenvalue weighted by atomic mass is 32.2. The number of ether oxygens (including phenoxy) is 1. The standard InChI is InChI=1S/C10H19NOS/c1-2-11-8-3-4-9(5-8)13-10-6-12-7-10/h8-11H,2-7H2,1H3. The van der Waals surface area contributed by atoms with E-state index in [1.165, 1.54) is 19.3 Å². The van der Waals surface area contributed by atoms with E-state index in [0.717, 1.165) is 36.3 Å². The van der Waals surface area contributed by atoms with Crippen LogP contribution in [0.25, 0.3) is 0 Å². The van der Waals surface area contributed by atoms with Crippen molar-refractivity contribution in [2.24, 2.45) is 0 Å². The van der Waals surface area contributed by atoms with Crippen molar-refractivity contribution in [2.75, 3.05) is 19.8 Å². The van der Waals surface area contributed by atoms with E-state index in [4.69, 9.17) is 4.74 Å². The van der Waals surface area contributed by atoms with E-state index in [1.54, 1.807) is 0 Å². The fourth-order valence-electron chi connectivity index (χ4n) is 2.10. The van der Waals surface area contributed by atoms with Crippen molar-refractivity contribution < 1.29 is 4.74 Å². The number of hydrogen-bond acceptors (Lipinski definition) is 3.